The minimum atomic E-state index is 0.0329. The van der Waals surface area contributed by atoms with Gasteiger partial charge < -0.3 is 15.0 Å². The van der Waals surface area contributed by atoms with Gasteiger partial charge in [-0.25, -0.2) is 0 Å². The van der Waals surface area contributed by atoms with Gasteiger partial charge in [0.2, 0.25) is 0 Å². The lowest BCUT2D eigenvalue weighted by atomic mass is 9.95. The largest absolute Gasteiger partial charge is 0.396 e. The van der Waals surface area contributed by atoms with E-state index in [1.54, 1.807) is 0 Å². The Morgan fingerprint density at radius 1 is 1.26 bits per heavy atom. The Labute approximate surface area is 139 Å². The van der Waals surface area contributed by atoms with Crippen molar-refractivity contribution in [3.63, 3.8) is 0 Å². The molecular formula is C19H30N2O2. The van der Waals surface area contributed by atoms with Crippen molar-refractivity contribution in [1.29, 1.82) is 0 Å². The normalized spacial score (nSPS) is 20.5. The maximum Gasteiger partial charge on any atom is 0.253 e. The number of nitrogens with one attached hydrogen (secondary N) is 1. The lowest BCUT2D eigenvalue weighted by molar-refractivity contribution is 0.0923. The van der Waals surface area contributed by atoms with Crippen molar-refractivity contribution in [1.82, 2.24) is 9.88 Å². The van der Waals surface area contributed by atoms with Crippen molar-refractivity contribution in [2.24, 2.45) is 5.92 Å². The van der Waals surface area contributed by atoms with Crippen LogP contribution in [0.4, 0.5) is 0 Å². The van der Waals surface area contributed by atoms with Gasteiger partial charge in [-0.1, -0.05) is 19.3 Å². The molecule has 0 radical (unpaired) electrons. The number of nitrogens with zero attached hydrogens (tertiary/aromatic N) is 1. The minimum Gasteiger partial charge on any atom is -0.396 e. The van der Waals surface area contributed by atoms with Crippen molar-refractivity contribution >= 4 is 5.91 Å². The van der Waals surface area contributed by atoms with Crippen LogP contribution >= 0.6 is 0 Å². The Kier molecular flexibility index (Phi) is 5.10. The lowest BCUT2D eigenvalue weighted by Gasteiger charge is -2.26. The summed E-state index contributed by atoms with van der Waals surface area (Å²) in [5.41, 5.74) is 3.12. The molecule has 0 bridgehead atoms. The molecule has 0 aliphatic heterocycles. The number of carbonyl (C=O) groups is 1. The van der Waals surface area contributed by atoms with Gasteiger partial charge in [-0.15, -0.1) is 0 Å². The van der Waals surface area contributed by atoms with E-state index < -0.39 is 0 Å². The van der Waals surface area contributed by atoms with E-state index in [4.69, 9.17) is 0 Å². The third-order valence-electron chi connectivity index (χ3n) is 5.62. The van der Waals surface area contributed by atoms with E-state index >= 15 is 0 Å². The van der Waals surface area contributed by atoms with E-state index in [0.29, 0.717) is 18.4 Å². The van der Waals surface area contributed by atoms with Gasteiger partial charge in [-0.2, -0.15) is 0 Å². The first-order valence-corrected chi connectivity index (χ1v) is 9.22. The molecule has 4 heteroatoms. The van der Waals surface area contributed by atoms with Crippen molar-refractivity contribution < 1.29 is 9.90 Å². The first kappa shape index (κ1) is 16.6. The van der Waals surface area contributed by atoms with Crippen LogP contribution in [0.15, 0.2) is 6.07 Å². The summed E-state index contributed by atoms with van der Waals surface area (Å²) in [4.78, 5) is 12.7. The molecule has 2 N–H and O–H groups in total. The van der Waals surface area contributed by atoms with Gasteiger partial charge >= 0.3 is 0 Å². The summed E-state index contributed by atoms with van der Waals surface area (Å²) >= 11 is 0. The highest BCUT2D eigenvalue weighted by atomic mass is 16.3. The average Bonchev–Trinajstić information content (AvgIpc) is 3.33. The molecule has 4 nitrogen and oxygen atoms in total. The Hall–Kier alpha value is -1.29. The summed E-state index contributed by atoms with van der Waals surface area (Å²) in [6.07, 6.45) is 9.40. The molecule has 1 amide bonds. The van der Waals surface area contributed by atoms with Crippen LogP contribution in [0.5, 0.6) is 0 Å². The van der Waals surface area contributed by atoms with E-state index in [1.165, 1.54) is 50.6 Å². The van der Waals surface area contributed by atoms with Crippen LogP contribution in [0.3, 0.4) is 0 Å². The highest BCUT2D eigenvalue weighted by Crippen LogP contribution is 2.35. The molecule has 0 saturated heterocycles. The number of rotatable bonds is 6. The minimum absolute atomic E-state index is 0.0329. The van der Waals surface area contributed by atoms with E-state index in [1.807, 2.05) is 6.07 Å². The summed E-state index contributed by atoms with van der Waals surface area (Å²) in [7, 11) is 0. The molecule has 1 atom stereocenters. The molecule has 1 aromatic rings. The van der Waals surface area contributed by atoms with Crippen molar-refractivity contribution in [2.75, 3.05) is 6.61 Å². The number of amides is 1. The molecule has 2 aliphatic rings. The Bertz CT molecular complexity index is 554. The highest BCUT2D eigenvalue weighted by Gasteiger charge is 2.32. The summed E-state index contributed by atoms with van der Waals surface area (Å²) < 4.78 is 2.38. The Morgan fingerprint density at radius 3 is 2.57 bits per heavy atom. The Balaban J connectivity index is 1.75. The summed E-state index contributed by atoms with van der Waals surface area (Å²) in [6.45, 7) is 4.34. The fourth-order valence-electron chi connectivity index (χ4n) is 4.22. The van der Waals surface area contributed by atoms with Gasteiger partial charge in [0.1, 0.15) is 0 Å². The first-order chi connectivity index (χ1) is 11.1. The average molecular weight is 318 g/mol. The van der Waals surface area contributed by atoms with Crippen LogP contribution in [-0.2, 0) is 0 Å². The van der Waals surface area contributed by atoms with Gasteiger partial charge in [0, 0.05) is 30.1 Å². The van der Waals surface area contributed by atoms with Crippen molar-refractivity contribution in [3.8, 4) is 0 Å². The molecule has 0 aromatic carbocycles. The maximum absolute atomic E-state index is 12.7. The third-order valence-corrected chi connectivity index (χ3v) is 5.62. The van der Waals surface area contributed by atoms with Crippen LogP contribution in [0, 0.1) is 19.8 Å². The number of hydrogen-bond donors (Lipinski definition) is 2. The monoisotopic (exact) mass is 318 g/mol. The van der Waals surface area contributed by atoms with Crippen molar-refractivity contribution in [3.05, 3.63) is 23.0 Å². The molecule has 1 heterocycles. The zero-order valence-corrected chi connectivity index (χ0v) is 14.5. The van der Waals surface area contributed by atoms with E-state index in [2.05, 4.69) is 23.7 Å². The van der Waals surface area contributed by atoms with Crippen LogP contribution < -0.4 is 5.32 Å². The Morgan fingerprint density at radius 2 is 1.96 bits per heavy atom. The number of aliphatic hydroxyl groups excluding tert-OH is 1. The smallest absolute Gasteiger partial charge is 0.253 e. The van der Waals surface area contributed by atoms with Gasteiger partial charge in [-0.3, -0.25) is 4.79 Å². The molecular weight excluding hydrogens is 288 g/mol. The van der Waals surface area contributed by atoms with E-state index in [0.717, 1.165) is 11.3 Å². The standard InChI is InChI=1S/C19H30N2O2/c1-13-12-17(14(2)21(13)16-6-4-3-5-7-16)19(23)20-18(10-11-22)15-8-9-15/h12,15-16,18,22H,3-11H2,1-2H3,(H,20,23). The van der Waals surface area contributed by atoms with Crippen LogP contribution in [0.2, 0.25) is 0 Å². The molecule has 1 aromatic heterocycles. The molecule has 2 aliphatic carbocycles. The summed E-state index contributed by atoms with van der Waals surface area (Å²) in [5.74, 6) is 0.596. The fraction of sp³-hybridized carbons (Fsp3) is 0.737. The second-order valence-electron chi connectivity index (χ2n) is 7.38. The summed E-state index contributed by atoms with van der Waals surface area (Å²) in [6, 6.07) is 2.73. The van der Waals surface area contributed by atoms with E-state index in [-0.39, 0.29) is 18.6 Å². The maximum atomic E-state index is 12.7. The first-order valence-electron chi connectivity index (χ1n) is 9.22. The van der Waals surface area contributed by atoms with Gasteiger partial charge in [0.15, 0.2) is 0 Å². The van der Waals surface area contributed by atoms with Crippen LogP contribution in [-0.4, -0.2) is 28.2 Å². The predicted molar refractivity (Wildman–Crippen MR) is 91.7 cm³/mol. The van der Waals surface area contributed by atoms with Crippen LogP contribution in [0.25, 0.3) is 0 Å². The number of aryl methyl sites for hydroxylation is 1. The number of aliphatic hydroxyl groups is 1. The number of carbonyl (C=O) groups excluding carboxylic acids is 1. The lowest BCUT2D eigenvalue weighted by Crippen LogP contribution is -2.37. The van der Waals surface area contributed by atoms with Gasteiger partial charge in [0.25, 0.3) is 5.91 Å². The molecule has 3 rings (SSSR count). The number of hydrogen-bond acceptors (Lipinski definition) is 2. The predicted octanol–water partition coefficient (Wildman–Crippen LogP) is 3.50. The molecule has 2 saturated carbocycles. The number of aromatic nitrogens is 1. The van der Waals surface area contributed by atoms with Crippen molar-refractivity contribution in [2.45, 2.75) is 77.3 Å². The summed E-state index contributed by atoms with van der Waals surface area (Å²) in [5, 5.41) is 12.4. The highest BCUT2D eigenvalue weighted by molar-refractivity contribution is 5.96. The molecule has 23 heavy (non-hydrogen) atoms. The molecule has 1 unspecified atom stereocenters. The SMILES string of the molecule is Cc1cc(C(=O)NC(CCO)C2CC2)c(C)n1C1CCCCC1. The topological polar surface area (TPSA) is 54.3 Å². The van der Waals surface area contributed by atoms with Crippen LogP contribution in [0.1, 0.15) is 79.2 Å². The van der Waals surface area contributed by atoms with Gasteiger partial charge in [0.05, 0.1) is 5.56 Å². The second kappa shape index (κ2) is 7.08. The fourth-order valence-corrected chi connectivity index (χ4v) is 4.22. The molecule has 0 spiro atoms. The quantitative estimate of drug-likeness (QED) is 0.843. The third kappa shape index (κ3) is 3.63. The molecule has 2 fully saturated rings. The van der Waals surface area contributed by atoms with Gasteiger partial charge in [-0.05, 0) is 57.9 Å². The molecule has 128 valence electrons. The zero-order chi connectivity index (χ0) is 16.4. The zero-order valence-electron chi connectivity index (χ0n) is 14.5. The second-order valence-corrected chi connectivity index (χ2v) is 7.38. The van der Waals surface area contributed by atoms with E-state index in [9.17, 15) is 9.90 Å².